The third-order valence-electron chi connectivity index (χ3n) is 4.91. The normalized spacial score (nSPS) is 15.9. The van der Waals surface area contributed by atoms with Crippen LogP contribution in [0.3, 0.4) is 0 Å². The van der Waals surface area contributed by atoms with Crippen molar-refractivity contribution < 1.29 is 12.8 Å². The van der Waals surface area contributed by atoms with Gasteiger partial charge in [0.25, 0.3) is 0 Å². The van der Waals surface area contributed by atoms with Crippen LogP contribution in [0.5, 0.6) is 0 Å². The molecule has 1 heterocycles. The highest BCUT2D eigenvalue weighted by Gasteiger charge is 2.20. The van der Waals surface area contributed by atoms with Crippen LogP contribution in [0.15, 0.2) is 47.4 Å². The van der Waals surface area contributed by atoms with Gasteiger partial charge in [-0.05, 0) is 37.6 Å². The summed E-state index contributed by atoms with van der Waals surface area (Å²) in [4.78, 5) is 4.56. The van der Waals surface area contributed by atoms with Crippen LogP contribution in [0.2, 0.25) is 0 Å². The van der Waals surface area contributed by atoms with Crippen molar-refractivity contribution in [3.63, 3.8) is 0 Å². The van der Waals surface area contributed by atoms with Gasteiger partial charge in [0.2, 0.25) is 10.0 Å². The summed E-state index contributed by atoms with van der Waals surface area (Å²) in [5.74, 6) is -0.202. The lowest BCUT2D eigenvalue weighted by Gasteiger charge is -2.36. The fraction of sp³-hybridized carbons (Fsp3) is 0.400. The Labute approximate surface area is 160 Å². The van der Waals surface area contributed by atoms with Crippen LogP contribution < -0.4 is 9.62 Å². The molecule has 146 valence electrons. The molecule has 0 aromatic heterocycles. The zero-order valence-corrected chi connectivity index (χ0v) is 16.6. The third-order valence-corrected chi connectivity index (χ3v) is 6.53. The molecule has 1 aliphatic rings. The minimum Gasteiger partial charge on any atom is -0.367 e. The first-order valence-electron chi connectivity index (χ1n) is 9.15. The maximum atomic E-state index is 13.9. The van der Waals surface area contributed by atoms with Crippen molar-refractivity contribution in [3.8, 4) is 0 Å². The van der Waals surface area contributed by atoms with Crippen LogP contribution in [0, 0.1) is 19.7 Å². The first kappa shape index (κ1) is 19.8. The monoisotopic (exact) mass is 391 g/mol. The van der Waals surface area contributed by atoms with Gasteiger partial charge in [-0.2, -0.15) is 0 Å². The van der Waals surface area contributed by atoms with Crippen LogP contribution in [0.1, 0.15) is 11.1 Å². The molecular formula is C20H26FN3O2S. The predicted molar refractivity (Wildman–Crippen MR) is 106 cm³/mol. The molecule has 0 spiro atoms. The Hall–Kier alpha value is -1.96. The Morgan fingerprint density at radius 3 is 2.41 bits per heavy atom. The van der Waals surface area contributed by atoms with Crippen LogP contribution >= 0.6 is 0 Å². The fourth-order valence-electron chi connectivity index (χ4n) is 3.44. The minimum absolute atomic E-state index is 0.202. The van der Waals surface area contributed by atoms with E-state index in [9.17, 15) is 12.8 Å². The quantitative estimate of drug-likeness (QED) is 0.822. The predicted octanol–water partition coefficient (Wildman–Crippen LogP) is 2.54. The van der Waals surface area contributed by atoms with E-state index >= 15 is 0 Å². The molecule has 1 saturated heterocycles. The maximum Gasteiger partial charge on any atom is 0.240 e. The third kappa shape index (κ3) is 4.86. The average molecular weight is 392 g/mol. The number of halogens is 1. The molecule has 0 amide bonds. The number of nitrogens with zero attached hydrogens (tertiary/aromatic N) is 2. The van der Waals surface area contributed by atoms with E-state index in [4.69, 9.17) is 0 Å². The Kier molecular flexibility index (Phi) is 6.14. The maximum absolute atomic E-state index is 13.9. The molecule has 0 aliphatic carbocycles. The average Bonchev–Trinajstić information content (AvgIpc) is 2.62. The first-order chi connectivity index (χ1) is 12.9. The molecule has 7 heteroatoms. The van der Waals surface area contributed by atoms with Crippen molar-refractivity contribution in [1.82, 2.24) is 9.62 Å². The molecule has 1 aliphatic heterocycles. The number of anilines is 1. The lowest BCUT2D eigenvalue weighted by molar-refractivity contribution is 0.261. The molecule has 1 fully saturated rings. The largest absolute Gasteiger partial charge is 0.367 e. The van der Waals surface area contributed by atoms with Crippen LogP contribution in [0.25, 0.3) is 0 Å². The van der Waals surface area contributed by atoms with Crippen molar-refractivity contribution in [2.75, 3.05) is 44.2 Å². The van der Waals surface area contributed by atoms with Crippen molar-refractivity contribution in [2.45, 2.75) is 18.7 Å². The second-order valence-corrected chi connectivity index (χ2v) is 8.68. The second kappa shape index (κ2) is 8.37. The van der Waals surface area contributed by atoms with Crippen molar-refractivity contribution in [2.24, 2.45) is 0 Å². The Bertz CT molecular complexity index is 894. The number of sulfonamides is 1. The van der Waals surface area contributed by atoms with E-state index in [0.717, 1.165) is 37.3 Å². The number of rotatable bonds is 6. The molecule has 0 saturated carbocycles. The van der Waals surface area contributed by atoms with Crippen molar-refractivity contribution in [1.29, 1.82) is 0 Å². The van der Waals surface area contributed by atoms with Gasteiger partial charge in [-0.1, -0.05) is 29.8 Å². The number of piperazine rings is 1. The number of para-hydroxylation sites is 1. The molecule has 27 heavy (non-hydrogen) atoms. The molecule has 0 bridgehead atoms. The van der Waals surface area contributed by atoms with Crippen molar-refractivity contribution >= 4 is 15.7 Å². The van der Waals surface area contributed by atoms with Gasteiger partial charge in [0.15, 0.2) is 0 Å². The Morgan fingerprint density at radius 2 is 1.74 bits per heavy atom. The second-order valence-electron chi connectivity index (χ2n) is 6.95. The molecule has 2 aromatic carbocycles. The summed E-state index contributed by atoms with van der Waals surface area (Å²) < 4.78 is 41.6. The SMILES string of the molecule is Cc1ccc(S(=O)(=O)NCCN2CCN(c3ccccc3F)CC2)c(C)c1. The van der Waals surface area contributed by atoms with E-state index in [1.807, 2.05) is 36.9 Å². The van der Waals surface area contributed by atoms with Gasteiger partial charge in [-0.3, -0.25) is 4.90 Å². The van der Waals surface area contributed by atoms with E-state index in [-0.39, 0.29) is 5.82 Å². The number of hydrogen-bond donors (Lipinski definition) is 1. The zero-order valence-electron chi connectivity index (χ0n) is 15.8. The summed E-state index contributed by atoms with van der Waals surface area (Å²) >= 11 is 0. The lowest BCUT2D eigenvalue weighted by Crippen LogP contribution is -2.48. The molecule has 1 N–H and O–H groups in total. The van der Waals surface area contributed by atoms with Gasteiger partial charge in [0.1, 0.15) is 5.82 Å². The zero-order chi connectivity index (χ0) is 19.4. The van der Waals surface area contributed by atoms with Gasteiger partial charge in [-0.25, -0.2) is 17.5 Å². The van der Waals surface area contributed by atoms with Crippen LogP contribution in [-0.2, 0) is 10.0 Å². The molecule has 0 atom stereocenters. The molecule has 3 rings (SSSR count). The summed E-state index contributed by atoms with van der Waals surface area (Å²) in [6.45, 7) is 7.75. The van der Waals surface area contributed by atoms with Gasteiger partial charge < -0.3 is 4.90 Å². The number of nitrogens with one attached hydrogen (secondary N) is 1. The van der Waals surface area contributed by atoms with E-state index in [2.05, 4.69) is 9.62 Å². The van der Waals surface area contributed by atoms with Crippen LogP contribution in [0.4, 0.5) is 10.1 Å². The van der Waals surface area contributed by atoms with Gasteiger partial charge >= 0.3 is 0 Å². The summed E-state index contributed by atoms with van der Waals surface area (Å²) in [6, 6.07) is 12.1. The minimum atomic E-state index is -3.50. The van der Waals surface area contributed by atoms with E-state index in [1.165, 1.54) is 6.07 Å². The number of benzene rings is 2. The van der Waals surface area contributed by atoms with Crippen LogP contribution in [-0.4, -0.2) is 52.6 Å². The lowest BCUT2D eigenvalue weighted by atomic mass is 10.2. The summed E-state index contributed by atoms with van der Waals surface area (Å²) in [6.07, 6.45) is 0. The Morgan fingerprint density at radius 1 is 1.04 bits per heavy atom. The molecule has 0 radical (unpaired) electrons. The summed E-state index contributed by atoms with van der Waals surface area (Å²) in [7, 11) is -3.50. The van der Waals surface area contributed by atoms with Gasteiger partial charge in [0, 0.05) is 39.3 Å². The first-order valence-corrected chi connectivity index (χ1v) is 10.6. The summed E-state index contributed by atoms with van der Waals surface area (Å²) in [5.41, 5.74) is 2.42. The smallest absolute Gasteiger partial charge is 0.240 e. The molecular weight excluding hydrogens is 365 g/mol. The topological polar surface area (TPSA) is 52.7 Å². The number of aryl methyl sites for hydroxylation is 2. The van der Waals surface area contributed by atoms with E-state index in [0.29, 0.717) is 23.7 Å². The standard InChI is InChI=1S/C20H26FN3O2S/c1-16-7-8-20(17(2)15-16)27(25,26)22-9-10-23-11-13-24(14-12-23)19-6-4-3-5-18(19)21/h3-8,15,22H,9-14H2,1-2H3. The molecule has 0 unspecified atom stereocenters. The van der Waals surface area contributed by atoms with Gasteiger partial charge in [0.05, 0.1) is 10.6 Å². The van der Waals surface area contributed by atoms with Crippen molar-refractivity contribution in [3.05, 3.63) is 59.4 Å². The number of hydrogen-bond acceptors (Lipinski definition) is 4. The van der Waals surface area contributed by atoms with Gasteiger partial charge in [-0.15, -0.1) is 0 Å². The van der Waals surface area contributed by atoms with E-state index in [1.54, 1.807) is 18.2 Å². The highest BCUT2D eigenvalue weighted by molar-refractivity contribution is 7.89. The highest BCUT2D eigenvalue weighted by atomic mass is 32.2. The summed E-state index contributed by atoms with van der Waals surface area (Å²) in [5, 5.41) is 0. The Balaban J connectivity index is 1.50. The molecule has 5 nitrogen and oxygen atoms in total. The van der Waals surface area contributed by atoms with E-state index < -0.39 is 10.0 Å². The molecule has 2 aromatic rings. The fourth-order valence-corrected chi connectivity index (χ4v) is 4.68. The highest BCUT2D eigenvalue weighted by Crippen LogP contribution is 2.20.